The predicted octanol–water partition coefficient (Wildman–Crippen LogP) is 4.38. The van der Waals surface area contributed by atoms with Crippen LogP contribution in [-0.4, -0.2) is 0 Å². The van der Waals surface area contributed by atoms with Gasteiger partial charge in [0.05, 0.1) is 22.2 Å². The van der Waals surface area contributed by atoms with Crippen LogP contribution in [0.5, 0.6) is 0 Å². The Labute approximate surface area is 99.0 Å². The van der Waals surface area contributed by atoms with Gasteiger partial charge in [0.25, 0.3) is 0 Å². The molecule has 2 rings (SSSR count). The third-order valence-electron chi connectivity index (χ3n) is 1.91. The summed E-state index contributed by atoms with van der Waals surface area (Å²) in [5.74, 6) is 0. The number of halogens is 2. The summed E-state index contributed by atoms with van der Waals surface area (Å²) in [5.41, 5.74) is 0. The Hall–Kier alpha value is -0.560. The molecule has 0 bridgehead atoms. The van der Waals surface area contributed by atoms with Gasteiger partial charge in [-0.15, -0.1) is 11.3 Å². The van der Waals surface area contributed by atoms with Crippen LogP contribution in [0.2, 0.25) is 5.02 Å². The van der Waals surface area contributed by atoms with Crippen molar-refractivity contribution in [3.63, 3.8) is 0 Å². The number of nitriles is 1. The molecule has 1 nitrogen and oxygen atoms in total. The van der Waals surface area contributed by atoms with Gasteiger partial charge in [0.1, 0.15) is 0 Å². The second-order valence-corrected chi connectivity index (χ2v) is 5.10. The van der Waals surface area contributed by atoms with Gasteiger partial charge in [-0.1, -0.05) is 23.7 Å². The Kier molecular flexibility index (Phi) is 2.78. The SMILES string of the molecule is N#CCc1sc2c(Cl)cccc2c1Br. The van der Waals surface area contributed by atoms with Gasteiger partial charge in [0, 0.05) is 14.7 Å². The molecule has 0 amide bonds. The van der Waals surface area contributed by atoms with Crippen LogP contribution in [0.15, 0.2) is 22.7 Å². The second-order valence-electron chi connectivity index (χ2n) is 2.79. The van der Waals surface area contributed by atoms with E-state index in [9.17, 15) is 0 Å². The van der Waals surface area contributed by atoms with Gasteiger partial charge < -0.3 is 0 Å². The molecule has 2 aromatic rings. The molecule has 1 aromatic heterocycles. The van der Waals surface area contributed by atoms with Crippen molar-refractivity contribution >= 4 is 49.0 Å². The number of nitrogens with zero attached hydrogens (tertiary/aromatic N) is 1. The minimum atomic E-state index is 0.427. The lowest BCUT2D eigenvalue weighted by molar-refractivity contribution is 1.31. The lowest BCUT2D eigenvalue weighted by atomic mass is 10.2. The molecule has 1 aromatic carbocycles. The van der Waals surface area contributed by atoms with Crippen molar-refractivity contribution < 1.29 is 0 Å². The maximum Gasteiger partial charge on any atom is 0.0707 e. The fourth-order valence-corrected chi connectivity index (χ4v) is 3.45. The van der Waals surface area contributed by atoms with E-state index in [0.717, 1.165) is 24.5 Å². The Balaban J connectivity index is 2.74. The molecule has 70 valence electrons. The van der Waals surface area contributed by atoms with Crippen LogP contribution in [0.3, 0.4) is 0 Å². The summed E-state index contributed by atoms with van der Waals surface area (Å²) in [6.45, 7) is 0. The normalized spacial score (nSPS) is 10.4. The highest BCUT2D eigenvalue weighted by Gasteiger charge is 2.10. The molecule has 4 heteroatoms. The van der Waals surface area contributed by atoms with Gasteiger partial charge in [-0.25, -0.2) is 0 Å². The molecule has 0 unspecified atom stereocenters. The maximum atomic E-state index is 8.64. The number of thiophene rings is 1. The summed E-state index contributed by atoms with van der Waals surface area (Å²) in [6.07, 6.45) is 0.427. The van der Waals surface area contributed by atoms with Gasteiger partial charge in [0.2, 0.25) is 0 Å². The van der Waals surface area contributed by atoms with Gasteiger partial charge in [-0.3, -0.25) is 0 Å². The van der Waals surface area contributed by atoms with Crippen molar-refractivity contribution in [1.29, 1.82) is 5.26 Å². The van der Waals surface area contributed by atoms with Gasteiger partial charge in [0.15, 0.2) is 0 Å². The summed E-state index contributed by atoms with van der Waals surface area (Å²) in [6, 6.07) is 7.92. The minimum absolute atomic E-state index is 0.427. The van der Waals surface area contributed by atoms with Crippen molar-refractivity contribution in [2.75, 3.05) is 0 Å². The van der Waals surface area contributed by atoms with E-state index < -0.39 is 0 Å². The molecule has 0 fully saturated rings. The summed E-state index contributed by atoms with van der Waals surface area (Å²) < 4.78 is 2.05. The van der Waals surface area contributed by atoms with E-state index >= 15 is 0 Å². The van der Waals surface area contributed by atoms with Crippen LogP contribution >= 0.6 is 38.9 Å². The number of hydrogen-bond donors (Lipinski definition) is 0. The van der Waals surface area contributed by atoms with Crippen molar-refractivity contribution in [3.05, 3.63) is 32.6 Å². The number of rotatable bonds is 1. The third kappa shape index (κ3) is 1.54. The molecule has 0 N–H and O–H groups in total. The van der Waals surface area contributed by atoms with Crippen LogP contribution in [-0.2, 0) is 6.42 Å². The fourth-order valence-electron chi connectivity index (χ4n) is 1.29. The number of benzene rings is 1. The largest absolute Gasteiger partial charge is 0.198 e. The van der Waals surface area contributed by atoms with E-state index in [-0.39, 0.29) is 0 Å². The molecule has 0 atom stereocenters. The number of hydrogen-bond acceptors (Lipinski definition) is 2. The summed E-state index contributed by atoms with van der Waals surface area (Å²) >= 11 is 11.1. The first-order valence-electron chi connectivity index (χ1n) is 3.96. The Morgan fingerprint density at radius 1 is 1.50 bits per heavy atom. The Morgan fingerprint density at radius 3 is 2.93 bits per heavy atom. The van der Waals surface area contributed by atoms with E-state index in [0.29, 0.717) is 6.42 Å². The molecule has 0 aliphatic rings. The Bertz CT molecular complexity index is 527. The second kappa shape index (κ2) is 3.90. The first-order valence-corrected chi connectivity index (χ1v) is 5.95. The van der Waals surface area contributed by atoms with Crippen LogP contribution in [0, 0.1) is 11.3 Å². The van der Waals surface area contributed by atoms with E-state index in [2.05, 4.69) is 22.0 Å². The van der Waals surface area contributed by atoms with Gasteiger partial charge in [-0.05, 0) is 22.0 Å². The third-order valence-corrected chi connectivity index (χ3v) is 4.75. The van der Waals surface area contributed by atoms with Crippen LogP contribution in [0.25, 0.3) is 10.1 Å². The molecular formula is C10H5BrClNS. The summed E-state index contributed by atoms with van der Waals surface area (Å²) in [7, 11) is 0. The van der Waals surface area contributed by atoms with Gasteiger partial charge in [-0.2, -0.15) is 5.26 Å². The van der Waals surface area contributed by atoms with Gasteiger partial charge >= 0.3 is 0 Å². The molecule has 0 aliphatic carbocycles. The van der Waals surface area contributed by atoms with Crippen LogP contribution < -0.4 is 0 Å². The van der Waals surface area contributed by atoms with E-state index in [1.807, 2.05) is 18.2 Å². The number of fused-ring (bicyclic) bond motifs is 1. The maximum absolute atomic E-state index is 8.64. The fraction of sp³-hybridized carbons (Fsp3) is 0.100. The average Bonchev–Trinajstić information content (AvgIpc) is 2.48. The first kappa shape index (κ1) is 9.97. The summed E-state index contributed by atoms with van der Waals surface area (Å²) in [4.78, 5) is 1.04. The van der Waals surface area contributed by atoms with Crippen molar-refractivity contribution in [2.24, 2.45) is 0 Å². The molecule has 0 spiro atoms. The monoisotopic (exact) mass is 285 g/mol. The van der Waals surface area contributed by atoms with E-state index in [1.54, 1.807) is 11.3 Å². The molecule has 0 saturated heterocycles. The van der Waals surface area contributed by atoms with Crippen molar-refractivity contribution in [1.82, 2.24) is 0 Å². The highest BCUT2D eigenvalue weighted by molar-refractivity contribution is 9.10. The molecule has 0 aliphatic heterocycles. The van der Waals surface area contributed by atoms with E-state index in [4.69, 9.17) is 16.9 Å². The standard InChI is InChI=1S/C10H5BrClNS/c11-9-6-2-1-3-7(12)10(6)14-8(9)4-5-13/h1-3H,4H2. The average molecular weight is 287 g/mol. The molecule has 0 radical (unpaired) electrons. The summed E-state index contributed by atoms with van der Waals surface area (Å²) in [5, 5.41) is 10.5. The predicted molar refractivity (Wildman–Crippen MR) is 63.9 cm³/mol. The van der Waals surface area contributed by atoms with Crippen molar-refractivity contribution in [2.45, 2.75) is 6.42 Å². The highest BCUT2D eigenvalue weighted by Crippen LogP contribution is 2.39. The van der Waals surface area contributed by atoms with Crippen LogP contribution in [0.1, 0.15) is 4.88 Å². The highest BCUT2D eigenvalue weighted by atomic mass is 79.9. The smallest absolute Gasteiger partial charge is 0.0707 e. The van der Waals surface area contributed by atoms with Crippen molar-refractivity contribution in [3.8, 4) is 6.07 Å². The molecular weight excluding hydrogens is 282 g/mol. The molecule has 1 heterocycles. The topological polar surface area (TPSA) is 23.8 Å². The minimum Gasteiger partial charge on any atom is -0.198 e. The first-order chi connectivity index (χ1) is 6.74. The van der Waals surface area contributed by atoms with Crippen LogP contribution in [0.4, 0.5) is 0 Å². The quantitative estimate of drug-likeness (QED) is 0.763. The lowest BCUT2D eigenvalue weighted by Gasteiger charge is -1.91. The van der Waals surface area contributed by atoms with E-state index in [1.165, 1.54) is 0 Å². The zero-order valence-electron chi connectivity index (χ0n) is 7.05. The zero-order chi connectivity index (χ0) is 10.1. The molecule has 0 saturated carbocycles. The zero-order valence-corrected chi connectivity index (χ0v) is 10.2. The lowest BCUT2D eigenvalue weighted by Crippen LogP contribution is -1.73. The Morgan fingerprint density at radius 2 is 2.29 bits per heavy atom. The molecule has 14 heavy (non-hydrogen) atoms.